The van der Waals surface area contributed by atoms with Gasteiger partial charge in [0.25, 0.3) is 0 Å². The minimum Gasteiger partial charge on any atom is -0.508 e. The topological polar surface area (TPSA) is 201 Å². The largest absolute Gasteiger partial charge is 0.508 e. The maximum atomic E-state index is 15.7. The Kier molecular flexibility index (Phi) is 11.7. The molecule has 7 rings (SSSR count). The van der Waals surface area contributed by atoms with E-state index in [0.717, 1.165) is 19.1 Å². The lowest BCUT2D eigenvalue weighted by molar-refractivity contribution is -0.178. The zero-order chi connectivity index (χ0) is 42.7. The number of carbonyl (C=O) groups excluding carboxylic acids is 6. The summed E-state index contributed by atoms with van der Waals surface area (Å²) in [4.78, 5) is 86.2. The summed E-state index contributed by atoms with van der Waals surface area (Å²) in [6.45, 7) is -0.205. The molecule has 1 spiro atoms. The minimum absolute atomic E-state index is 0.0137. The van der Waals surface area contributed by atoms with Gasteiger partial charge < -0.3 is 34.5 Å². The Labute approximate surface area is 344 Å². The molecule has 3 N–H and O–H groups in total. The Bertz CT molecular complexity index is 2360. The Morgan fingerprint density at radius 3 is 2.05 bits per heavy atom. The Morgan fingerprint density at radius 2 is 1.45 bits per heavy atom. The molecule has 0 unspecified atom stereocenters. The molecule has 4 aromatic carbocycles. The molecule has 3 aliphatic rings. The van der Waals surface area contributed by atoms with Crippen molar-refractivity contribution in [3.05, 3.63) is 131 Å². The minimum atomic E-state index is -2.14. The first-order chi connectivity index (χ1) is 29.0. The van der Waals surface area contributed by atoms with E-state index < -0.39 is 77.3 Å². The molecule has 15 heteroatoms. The summed E-state index contributed by atoms with van der Waals surface area (Å²) in [6.07, 6.45) is -2.32. The number of esters is 3. The van der Waals surface area contributed by atoms with Gasteiger partial charge in [-0.15, -0.1) is 0 Å². The van der Waals surface area contributed by atoms with Crippen molar-refractivity contribution in [2.75, 3.05) is 39.4 Å². The van der Waals surface area contributed by atoms with E-state index in [-0.39, 0.29) is 42.2 Å². The maximum absolute atomic E-state index is 15.7. The number of imide groups is 1. The van der Waals surface area contributed by atoms with Crippen molar-refractivity contribution in [3.8, 4) is 17.6 Å². The molecular formula is C45H41N3O12. The Hall–Kier alpha value is -7.02. The second-order valence-electron chi connectivity index (χ2n) is 14.3. The van der Waals surface area contributed by atoms with Crippen molar-refractivity contribution in [2.24, 2.45) is 17.6 Å². The van der Waals surface area contributed by atoms with Gasteiger partial charge in [0.15, 0.2) is 5.92 Å². The number of rotatable bonds is 10. The number of aromatic hydroxyl groups is 1. The van der Waals surface area contributed by atoms with Crippen molar-refractivity contribution < 1.29 is 57.6 Å². The molecule has 308 valence electrons. The molecule has 6 atom stereocenters. The van der Waals surface area contributed by atoms with Crippen LogP contribution in [0.3, 0.4) is 0 Å². The molecule has 2 fully saturated rings. The number of ether oxygens (including phenoxy) is 5. The number of benzene rings is 4. The normalized spacial score (nSPS) is 22.9. The third-order valence-electron chi connectivity index (χ3n) is 11.2. The number of phenols is 1. The second kappa shape index (κ2) is 17.1. The van der Waals surface area contributed by atoms with Crippen LogP contribution in [0.4, 0.5) is 10.5 Å². The van der Waals surface area contributed by atoms with Crippen LogP contribution >= 0.6 is 0 Å². The lowest BCUT2D eigenvalue weighted by Crippen LogP contribution is -2.55. The van der Waals surface area contributed by atoms with Gasteiger partial charge in [0.1, 0.15) is 29.9 Å². The number of cyclic esters (lactones) is 1. The highest BCUT2D eigenvalue weighted by Gasteiger charge is 2.75. The van der Waals surface area contributed by atoms with E-state index in [9.17, 15) is 29.1 Å². The van der Waals surface area contributed by atoms with Gasteiger partial charge in [-0.05, 0) is 52.6 Å². The quantitative estimate of drug-likeness (QED) is 0.0765. The number of phenolic OH excluding ortho intramolecular Hbond substituents is 1. The second-order valence-corrected chi connectivity index (χ2v) is 14.3. The average molecular weight is 816 g/mol. The number of nitrogens with two attached hydrogens (primary N) is 1. The van der Waals surface area contributed by atoms with Crippen molar-refractivity contribution in [1.29, 1.82) is 0 Å². The van der Waals surface area contributed by atoms with Gasteiger partial charge in [-0.1, -0.05) is 84.6 Å². The number of methoxy groups -OCH3 is 3. The molecule has 0 saturated carbocycles. The number of primary amides is 1. The highest BCUT2D eigenvalue weighted by Crippen LogP contribution is 2.65. The fourth-order valence-corrected chi connectivity index (χ4v) is 8.73. The van der Waals surface area contributed by atoms with E-state index in [1.165, 1.54) is 37.4 Å². The molecular weight excluding hydrogens is 775 g/mol. The van der Waals surface area contributed by atoms with Gasteiger partial charge in [-0.3, -0.25) is 28.9 Å². The molecule has 0 aliphatic carbocycles. The van der Waals surface area contributed by atoms with Crippen LogP contribution in [0.2, 0.25) is 0 Å². The standard InChI is InChI=1S/C45H41N3O12/c1-56-23-24-59-44(55)47-33-22-17-26(11-10-16-31(40(51)57-2)41(52)58-3)25-32(33)45(43(47)54)34(39(46)50)36-42(53)60-37(28-14-8-5-9-15-28)35(27-12-6-4-7-13-27)48(36)38(45)29-18-20-30(49)21-19-29/h4-9,12-15,17-22,25,31,34-38,49H,16,23-24H2,1-3H3,(H2,46,50)/t34-,35-,36-,37+,38+,45-/m0/s1. The van der Waals surface area contributed by atoms with Gasteiger partial charge in [-0.2, -0.15) is 0 Å². The zero-order valence-corrected chi connectivity index (χ0v) is 32.8. The third-order valence-corrected chi connectivity index (χ3v) is 11.2. The van der Waals surface area contributed by atoms with Crippen LogP contribution in [0.15, 0.2) is 103 Å². The van der Waals surface area contributed by atoms with Gasteiger partial charge in [0.05, 0.1) is 44.5 Å². The number of fused-ring (bicyclic) bond motifs is 3. The van der Waals surface area contributed by atoms with E-state index >= 15 is 4.79 Å². The lowest BCUT2D eigenvalue weighted by atomic mass is 9.65. The van der Waals surface area contributed by atoms with Crippen LogP contribution in [-0.2, 0) is 53.1 Å². The zero-order valence-electron chi connectivity index (χ0n) is 32.8. The third kappa shape index (κ3) is 6.99. The van der Waals surface area contributed by atoms with Gasteiger partial charge in [0, 0.05) is 19.1 Å². The van der Waals surface area contributed by atoms with Crippen LogP contribution in [0.1, 0.15) is 52.4 Å². The maximum Gasteiger partial charge on any atom is 0.421 e. The smallest absolute Gasteiger partial charge is 0.421 e. The number of carbonyl (C=O) groups is 6. The summed E-state index contributed by atoms with van der Waals surface area (Å²) in [6, 6.07) is 25.2. The molecule has 2 saturated heterocycles. The molecule has 3 heterocycles. The average Bonchev–Trinajstić information content (AvgIpc) is 3.72. The van der Waals surface area contributed by atoms with Crippen LogP contribution < -0.4 is 10.6 Å². The lowest BCUT2D eigenvalue weighted by Gasteiger charge is -2.46. The summed E-state index contributed by atoms with van der Waals surface area (Å²) in [5.74, 6) is -1.84. The van der Waals surface area contributed by atoms with Gasteiger partial charge in [0.2, 0.25) is 11.8 Å². The number of nitrogens with zero attached hydrogens (tertiary/aromatic N) is 2. The van der Waals surface area contributed by atoms with Crippen molar-refractivity contribution in [1.82, 2.24) is 4.90 Å². The van der Waals surface area contributed by atoms with E-state index in [1.54, 1.807) is 29.2 Å². The number of morpholine rings is 1. The molecule has 4 aromatic rings. The fraction of sp³-hybridized carbons (Fsp3) is 0.289. The van der Waals surface area contributed by atoms with Crippen molar-refractivity contribution in [3.63, 3.8) is 0 Å². The first-order valence-electron chi connectivity index (χ1n) is 18.9. The van der Waals surface area contributed by atoms with E-state index in [0.29, 0.717) is 16.7 Å². The number of anilines is 1. The number of hydrogen-bond donors (Lipinski definition) is 2. The number of hydrogen-bond acceptors (Lipinski definition) is 13. The molecule has 0 bridgehead atoms. The summed E-state index contributed by atoms with van der Waals surface area (Å²) in [5, 5.41) is 10.5. The summed E-state index contributed by atoms with van der Waals surface area (Å²) >= 11 is 0. The summed E-state index contributed by atoms with van der Waals surface area (Å²) in [7, 11) is 3.67. The molecule has 60 heavy (non-hydrogen) atoms. The number of amides is 3. The SMILES string of the molecule is COCCOC(=O)N1C(=O)[C@@]2(c3cc(C#CCC(C(=O)OC)C(=O)OC)ccc31)[C@H](C(N)=O)[C@H]1C(=O)O[C@H](c3ccccc3)[C@H](c3ccccc3)N1[C@@H]2c1ccc(O)cc1. The molecule has 0 aromatic heterocycles. The van der Waals surface area contributed by atoms with E-state index in [2.05, 4.69) is 11.8 Å². The van der Waals surface area contributed by atoms with Crippen LogP contribution in [0.25, 0.3) is 0 Å². The van der Waals surface area contributed by atoms with Crippen LogP contribution in [-0.4, -0.2) is 86.4 Å². The fourth-order valence-electron chi connectivity index (χ4n) is 8.73. The highest BCUT2D eigenvalue weighted by molar-refractivity contribution is 6.23. The van der Waals surface area contributed by atoms with Gasteiger partial charge >= 0.3 is 24.0 Å². The van der Waals surface area contributed by atoms with Crippen molar-refractivity contribution in [2.45, 2.75) is 36.1 Å². The first kappa shape index (κ1) is 41.2. The predicted molar refractivity (Wildman–Crippen MR) is 211 cm³/mol. The molecule has 15 nitrogen and oxygen atoms in total. The van der Waals surface area contributed by atoms with E-state index in [1.807, 2.05) is 48.5 Å². The summed E-state index contributed by atoms with van der Waals surface area (Å²) in [5.41, 5.74) is 6.34. The Balaban J connectivity index is 1.51. The molecule has 3 amide bonds. The summed E-state index contributed by atoms with van der Waals surface area (Å²) < 4.78 is 26.4. The van der Waals surface area contributed by atoms with Crippen LogP contribution in [0.5, 0.6) is 5.75 Å². The monoisotopic (exact) mass is 815 g/mol. The highest BCUT2D eigenvalue weighted by atomic mass is 16.6. The van der Waals surface area contributed by atoms with Crippen molar-refractivity contribution >= 4 is 41.5 Å². The molecule has 3 aliphatic heterocycles. The predicted octanol–water partition coefficient (Wildman–Crippen LogP) is 4.03. The first-order valence-corrected chi connectivity index (χ1v) is 18.9. The molecule has 0 radical (unpaired) electrons. The Morgan fingerprint density at radius 1 is 0.817 bits per heavy atom. The van der Waals surface area contributed by atoms with E-state index in [4.69, 9.17) is 29.4 Å². The van der Waals surface area contributed by atoms with Crippen LogP contribution in [0, 0.1) is 23.7 Å². The van der Waals surface area contributed by atoms with Gasteiger partial charge in [-0.25, -0.2) is 9.69 Å².